The van der Waals surface area contributed by atoms with Crippen LogP contribution in [0.3, 0.4) is 0 Å². The topological polar surface area (TPSA) is 67.1 Å². The summed E-state index contributed by atoms with van der Waals surface area (Å²) in [6.45, 7) is 6.12. The van der Waals surface area contributed by atoms with Crippen molar-refractivity contribution in [2.24, 2.45) is 18.4 Å². The first-order valence-electron chi connectivity index (χ1n) is 8.08. The zero-order valence-electron chi connectivity index (χ0n) is 13.5. The number of aryl methyl sites for hydroxylation is 3. The van der Waals surface area contributed by atoms with Gasteiger partial charge in [-0.1, -0.05) is 6.42 Å². The van der Waals surface area contributed by atoms with Crippen LogP contribution >= 0.6 is 0 Å². The summed E-state index contributed by atoms with van der Waals surface area (Å²) in [4.78, 5) is 11.6. The van der Waals surface area contributed by atoms with E-state index in [4.69, 9.17) is 4.98 Å². The van der Waals surface area contributed by atoms with Crippen molar-refractivity contribution < 1.29 is 5.11 Å². The van der Waals surface area contributed by atoms with Gasteiger partial charge in [-0.25, -0.2) is 9.97 Å². The highest BCUT2D eigenvalue weighted by atomic mass is 16.3. The standard InChI is InChI=1S/C16H23N5O/c1-10-13-14(20(3)19-10)17-11(2)18-15(13)21-7-12-5-4-6-16(12,8-21)9-22/h12,22H,4-9H2,1-3H3/t12-,16+/m0/s1. The number of rotatable bonds is 2. The first-order chi connectivity index (χ1) is 10.5. The SMILES string of the molecule is Cc1nc(N2C[C@@H]3CCC[C@]3(CO)C2)c2c(C)nn(C)c2n1. The van der Waals surface area contributed by atoms with Gasteiger partial charge in [0, 0.05) is 25.6 Å². The first kappa shape index (κ1) is 13.9. The van der Waals surface area contributed by atoms with Crippen molar-refractivity contribution >= 4 is 16.9 Å². The van der Waals surface area contributed by atoms with E-state index in [0.29, 0.717) is 5.92 Å². The number of hydrogen-bond donors (Lipinski definition) is 1. The Kier molecular flexibility index (Phi) is 2.95. The highest BCUT2D eigenvalue weighted by Gasteiger charge is 2.49. The van der Waals surface area contributed by atoms with Gasteiger partial charge in [0.1, 0.15) is 11.6 Å². The summed E-state index contributed by atoms with van der Waals surface area (Å²) >= 11 is 0. The Labute approximate surface area is 130 Å². The van der Waals surface area contributed by atoms with Crippen molar-refractivity contribution in [1.29, 1.82) is 0 Å². The van der Waals surface area contributed by atoms with E-state index in [1.807, 2.05) is 25.6 Å². The van der Waals surface area contributed by atoms with Crippen LogP contribution in [0.4, 0.5) is 5.82 Å². The fourth-order valence-corrected chi connectivity index (χ4v) is 4.49. The van der Waals surface area contributed by atoms with Gasteiger partial charge in [-0.05, 0) is 32.6 Å². The molecular weight excluding hydrogens is 278 g/mol. The molecule has 0 aromatic carbocycles. The summed E-state index contributed by atoms with van der Waals surface area (Å²) in [6.07, 6.45) is 3.59. The highest BCUT2D eigenvalue weighted by molar-refractivity contribution is 5.90. The maximum Gasteiger partial charge on any atom is 0.163 e. The Morgan fingerprint density at radius 2 is 2.14 bits per heavy atom. The summed E-state index contributed by atoms with van der Waals surface area (Å²) in [5, 5.41) is 15.5. The van der Waals surface area contributed by atoms with E-state index in [1.54, 1.807) is 0 Å². The van der Waals surface area contributed by atoms with Crippen LogP contribution in [0, 0.1) is 25.2 Å². The molecule has 1 aliphatic carbocycles. The molecule has 1 saturated carbocycles. The molecule has 22 heavy (non-hydrogen) atoms. The minimum atomic E-state index is 0.0707. The lowest BCUT2D eigenvalue weighted by molar-refractivity contribution is 0.121. The quantitative estimate of drug-likeness (QED) is 0.912. The van der Waals surface area contributed by atoms with E-state index in [0.717, 1.165) is 47.9 Å². The van der Waals surface area contributed by atoms with Crippen molar-refractivity contribution in [3.63, 3.8) is 0 Å². The predicted octanol–water partition coefficient (Wildman–Crippen LogP) is 1.58. The zero-order valence-corrected chi connectivity index (χ0v) is 13.5. The van der Waals surface area contributed by atoms with E-state index in [9.17, 15) is 5.11 Å². The summed E-state index contributed by atoms with van der Waals surface area (Å²) < 4.78 is 1.83. The second-order valence-corrected chi connectivity index (χ2v) is 6.99. The summed E-state index contributed by atoms with van der Waals surface area (Å²) in [5.41, 5.74) is 1.94. The third-order valence-corrected chi connectivity index (χ3v) is 5.61. The van der Waals surface area contributed by atoms with Crippen molar-refractivity contribution in [2.45, 2.75) is 33.1 Å². The van der Waals surface area contributed by atoms with Crippen LogP contribution in [0.1, 0.15) is 30.8 Å². The second kappa shape index (κ2) is 4.65. The van der Waals surface area contributed by atoms with E-state index in [-0.39, 0.29) is 12.0 Å². The molecule has 2 aliphatic rings. The van der Waals surface area contributed by atoms with Crippen LogP contribution in [0.2, 0.25) is 0 Å². The minimum absolute atomic E-state index is 0.0707. The van der Waals surface area contributed by atoms with Gasteiger partial charge in [0.2, 0.25) is 0 Å². The van der Waals surface area contributed by atoms with Crippen LogP contribution in [0.5, 0.6) is 0 Å². The van der Waals surface area contributed by atoms with Gasteiger partial charge in [0.15, 0.2) is 5.65 Å². The van der Waals surface area contributed by atoms with E-state index < -0.39 is 0 Å². The Morgan fingerprint density at radius 1 is 1.32 bits per heavy atom. The van der Waals surface area contributed by atoms with Crippen LogP contribution < -0.4 is 4.90 Å². The number of hydrogen-bond acceptors (Lipinski definition) is 5. The molecular formula is C16H23N5O. The predicted molar refractivity (Wildman–Crippen MR) is 84.9 cm³/mol. The van der Waals surface area contributed by atoms with Crippen LogP contribution in [0.15, 0.2) is 0 Å². The molecule has 0 amide bonds. The van der Waals surface area contributed by atoms with Gasteiger partial charge in [-0.2, -0.15) is 5.10 Å². The number of aromatic nitrogens is 4. The van der Waals surface area contributed by atoms with E-state index in [2.05, 4.69) is 15.0 Å². The van der Waals surface area contributed by atoms with Gasteiger partial charge >= 0.3 is 0 Å². The number of fused-ring (bicyclic) bond motifs is 2. The fourth-order valence-electron chi connectivity index (χ4n) is 4.49. The molecule has 2 aromatic heterocycles. The molecule has 1 N–H and O–H groups in total. The molecule has 3 heterocycles. The van der Waals surface area contributed by atoms with Gasteiger partial charge in [-0.3, -0.25) is 4.68 Å². The summed E-state index contributed by atoms with van der Waals surface area (Å²) in [6, 6.07) is 0. The summed E-state index contributed by atoms with van der Waals surface area (Å²) in [5.74, 6) is 2.36. The van der Waals surface area contributed by atoms with Gasteiger partial charge < -0.3 is 10.0 Å². The molecule has 6 heteroatoms. The number of anilines is 1. The van der Waals surface area contributed by atoms with Crippen molar-refractivity contribution in [3.05, 3.63) is 11.5 Å². The third kappa shape index (κ3) is 1.79. The van der Waals surface area contributed by atoms with Crippen LogP contribution in [-0.2, 0) is 7.05 Å². The normalized spacial score (nSPS) is 27.8. The molecule has 4 rings (SSSR count). The molecule has 1 aliphatic heterocycles. The Balaban J connectivity index is 1.82. The van der Waals surface area contributed by atoms with Crippen molar-refractivity contribution in [2.75, 3.05) is 24.6 Å². The first-order valence-corrected chi connectivity index (χ1v) is 8.08. The molecule has 118 valence electrons. The fraction of sp³-hybridized carbons (Fsp3) is 0.688. The lowest BCUT2D eigenvalue weighted by atomic mass is 9.82. The third-order valence-electron chi connectivity index (χ3n) is 5.61. The zero-order chi connectivity index (χ0) is 15.5. The Morgan fingerprint density at radius 3 is 2.86 bits per heavy atom. The van der Waals surface area contributed by atoms with Crippen LogP contribution in [-0.4, -0.2) is 44.6 Å². The average Bonchev–Trinajstić information content (AvgIpc) is 3.10. The lowest BCUT2D eigenvalue weighted by Crippen LogP contribution is -2.31. The molecule has 2 aromatic rings. The van der Waals surface area contributed by atoms with Crippen LogP contribution in [0.25, 0.3) is 11.0 Å². The molecule has 0 unspecified atom stereocenters. The molecule has 2 atom stereocenters. The average molecular weight is 301 g/mol. The van der Waals surface area contributed by atoms with E-state index in [1.165, 1.54) is 12.8 Å². The molecule has 6 nitrogen and oxygen atoms in total. The molecule has 0 spiro atoms. The van der Waals surface area contributed by atoms with E-state index >= 15 is 0 Å². The number of aliphatic hydroxyl groups excluding tert-OH is 1. The van der Waals surface area contributed by atoms with Gasteiger partial charge in [-0.15, -0.1) is 0 Å². The largest absolute Gasteiger partial charge is 0.396 e. The molecule has 1 saturated heterocycles. The van der Waals surface area contributed by atoms with Gasteiger partial charge in [0.25, 0.3) is 0 Å². The number of aliphatic hydroxyl groups is 1. The Bertz CT molecular complexity index is 740. The smallest absolute Gasteiger partial charge is 0.163 e. The molecule has 2 fully saturated rings. The summed E-state index contributed by atoms with van der Waals surface area (Å²) in [7, 11) is 1.93. The van der Waals surface area contributed by atoms with Crippen molar-refractivity contribution in [3.8, 4) is 0 Å². The Hall–Kier alpha value is -1.69. The minimum Gasteiger partial charge on any atom is -0.396 e. The monoisotopic (exact) mass is 301 g/mol. The maximum atomic E-state index is 9.94. The molecule has 0 bridgehead atoms. The maximum absolute atomic E-state index is 9.94. The molecule has 0 radical (unpaired) electrons. The second-order valence-electron chi connectivity index (χ2n) is 6.99. The van der Waals surface area contributed by atoms with Crippen molar-refractivity contribution in [1.82, 2.24) is 19.7 Å². The lowest BCUT2D eigenvalue weighted by Gasteiger charge is -2.26. The van der Waals surface area contributed by atoms with Gasteiger partial charge in [0.05, 0.1) is 17.7 Å². The number of nitrogens with zero attached hydrogens (tertiary/aromatic N) is 5. The highest BCUT2D eigenvalue weighted by Crippen LogP contribution is 2.49.